The molecule has 0 bridgehead atoms. The van der Waals surface area contributed by atoms with Gasteiger partial charge in [0.1, 0.15) is 0 Å². The van der Waals surface area contributed by atoms with Crippen molar-refractivity contribution in [1.29, 1.82) is 0 Å². The van der Waals surface area contributed by atoms with Gasteiger partial charge in [0.25, 0.3) is 0 Å². The number of nitrogens with zero attached hydrogens (tertiary/aromatic N) is 1. The average Bonchev–Trinajstić information content (AvgIpc) is 2.94. The maximum atomic E-state index is 12.5. The van der Waals surface area contributed by atoms with Crippen LogP contribution in [0.15, 0.2) is 0 Å². The van der Waals surface area contributed by atoms with E-state index >= 15 is 0 Å². The van der Waals surface area contributed by atoms with Crippen LogP contribution in [0.25, 0.3) is 0 Å². The van der Waals surface area contributed by atoms with Gasteiger partial charge in [0.15, 0.2) is 9.84 Å². The smallest absolute Gasteiger partial charge is 0.227 e. The Labute approximate surface area is 119 Å². The molecule has 1 amide bonds. The molecular formula is C12H20N2O3S2. The highest BCUT2D eigenvalue weighted by molar-refractivity contribution is 7.91. The van der Waals surface area contributed by atoms with Crippen molar-refractivity contribution in [3.05, 3.63) is 0 Å². The number of hydrogen-bond acceptors (Lipinski definition) is 4. The summed E-state index contributed by atoms with van der Waals surface area (Å²) in [5.74, 6) is -0.387. The Balaban J connectivity index is 2.09. The molecule has 108 valence electrons. The molecule has 1 aliphatic carbocycles. The molecule has 1 atom stereocenters. The van der Waals surface area contributed by atoms with Crippen molar-refractivity contribution in [2.24, 2.45) is 11.7 Å². The maximum absolute atomic E-state index is 12.5. The van der Waals surface area contributed by atoms with Crippen LogP contribution in [0.1, 0.15) is 32.1 Å². The highest BCUT2D eigenvalue weighted by Gasteiger charge is 2.38. The van der Waals surface area contributed by atoms with E-state index in [0.29, 0.717) is 11.4 Å². The van der Waals surface area contributed by atoms with Gasteiger partial charge in [0, 0.05) is 6.04 Å². The lowest BCUT2D eigenvalue weighted by Gasteiger charge is -2.30. The molecule has 1 saturated carbocycles. The minimum Gasteiger partial charge on any atom is -0.392 e. The molecule has 2 rings (SSSR count). The minimum atomic E-state index is -3.04. The van der Waals surface area contributed by atoms with Gasteiger partial charge < -0.3 is 10.6 Å². The molecular weight excluding hydrogens is 284 g/mol. The Bertz CT molecular complexity index is 469. The Kier molecular flexibility index (Phi) is 4.45. The Morgan fingerprint density at radius 1 is 1.26 bits per heavy atom. The molecule has 19 heavy (non-hydrogen) atoms. The van der Waals surface area contributed by atoms with Gasteiger partial charge in [-0.25, -0.2) is 8.42 Å². The molecule has 1 unspecified atom stereocenters. The van der Waals surface area contributed by atoms with Crippen molar-refractivity contribution < 1.29 is 13.2 Å². The third-order valence-electron chi connectivity index (χ3n) is 3.96. The molecule has 1 aliphatic heterocycles. The average molecular weight is 304 g/mol. The van der Waals surface area contributed by atoms with Gasteiger partial charge in [-0.3, -0.25) is 4.79 Å². The molecule has 7 heteroatoms. The first-order chi connectivity index (χ1) is 8.89. The first-order valence-corrected chi connectivity index (χ1v) is 8.91. The fourth-order valence-corrected chi connectivity index (χ4v) is 4.87. The first kappa shape index (κ1) is 14.7. The van der Waals surface area contributed by atoms with Crippen LogP contribution in [0.3, 0.4) is 0 Å². The summed E-state index contributed by atoms with van der Waals surface area (Å²) in [5.41, 5.74) is 5.57. The summed E-state index contributed by atoms with van der Waals surface area (Å²) in [7, 11) is -3.04. The number of sulfone groups is 1. The molecule has 0 spiro atoms. The van der Waals surface area contributed by atoms with Gasteiger partial charge in [-0.2, -0.15) is 0 Å². The van der Waals surface area contributed by atoms with Crippen molar-refractivity contribution in [2.75, 3.05) is 18.1 Å². The topological polar surface area (TPSA) is 80.5 Å². The Morgan fingerprint density at radius 2 is 1.89 bits per heavy atom. The lowest BCUT2D eigenvalue weighted by atomic mass is 10.1. The third-order valence-corrected chi connectivity index (χ3v) is 5.85. The first-order valence-electron chi connectivity index (χ1n) is 6.68. The van der Waals surface area contributed by atoms with Crippen LogP contribution in [0, 0.1) is 5.92 Å². The summed E-state index contributed by atoms with van der Waals surface area (Å²) in [6, 6.07) is 0.178. The second-order valence-corrected chi connectivity index (χ2v) is 8.22. The third kappa shape index (κ3) is 3.66. The fourth-order valence-electron chi connectivity index (χ4n) is 3.00. The second kappa shape index (κ2) is 5.75. The van der Waals surface area contributed by atoms with Crippen molar-refractivity contribution in [3.63, 3.8) is 0 Å². The molecule has 1 saturated heterocycles. The Morgan fingerprint density at radius 3 is 2.37 bits per heavy atom. The van der Waals surface area contributed by atoms with Crippen LogP contribution in [0.5, 0.6) is 0 Å². The molecule has 2 aliphatic rings. The van der Waals surface area contributed by atoms with Gasteiger partial charge in [0.05, 0.1) is 29.0 Å². The van der Waals surface area contributed by atoms with Gasteiger partial charge >= 0.3 is 0 Å². The number of nitrogens with two attached hydrogens (primary N) is 1. The summed E-state index contributed by atoms with van der Waals surface area (Å²) in [6.07, 6.45) is 4.58. The fraction of sp³-hybridized carbons (Fsp3) is 0.833. The van der Waals surface area contributed by atoms with Crippen LogP contribution < -0.4 is 5.73 Å². The monoisotopic (exact) mass is 304 g/mol. The molecule has 5 nitrogen and oxygen atoms in total. The lowest BCUT2D eigenvalue weighted by molar-refractivity contribution is -0.136. The van der Waals surface area contributed by atoms with E-state index in [2.05, 4.69) is 0 Å². The summed E-state index contributed by atoms with van der Waals surface area (Å²) >= 11 is 4.91. The molecule has 0 aromatic carbocycles. The summed E-state index contributed by atoms with van der Waals surface area (Å²) in [6.45, 7) is 0.273. The van der Waals surface area contributed by atoms with E-state index in [9.17, 15) is 13.2 Å². The molecule has 0 aromatic heterocycles. The standard InChI is InChI=1S/C12H20N2O3S2/c13-11(18)7-14(10-3-1-2-4-10)12(15)9-5-6-19(16,17)8-9/h9-10H,1-8H2,(H2,13,18). The zero-order chi connectivity index (χ0) is 14.0. The van der Waals surface area contributed by atoms with E-state index in [1.807, 2.05) is 0 Å². The van der Waals surface area contributed by atoms with Crippen LogP contribution in [0.4, 0.5) is 0 Å². The molecule has 2 fully saturated rings. The molecule has 0 aromatic rings. The van der Waals surface area contributed by atoms with E-state index in [0.717, 1.165) is 25.7 Å². The van der Waals surface area contributed by atoms with Crippen LogP contribution in [-0.4, -0.2) is 48.3 Å². The van der Waals surface area contributed by atoms with E-state index < -0.39 is 15.8 Å². The predicted molar refractivity (Wildman–Crippen MR) is 77.5 cm³/mol. The predicted octanol–water partition coefficient (Wildman–Crippen LogP) is 0.478. The second-order valence-electron chi connectivity index (χ2n) is 5.47. The Hall–Kier alpha value is -0.690. The summed E-state index contributed by atoms with van der Waals surface area (Å²) in [5, 5.41) is 0. The molecule has 0 radical (unpaired) electrons. The number of carbonyl (C=O) groups excluding carboxylic acids is 1. The maximum Gasteiger partial charge on any atom is 0.227 e. The van der Waals surface area contributed by atoms with Crippen LogP contribution >= 0.6 is 12.2 Å². The van der Waals surface area contributed by atoms with Gasteiger partial charge in [-0.05, 0) is 19.3 Å². The van der Waals surface area contributed by atoms with Crippen LogP contribution in [0.2, 0.25) is 0 Å². The quantitative estimate of drug-likeness (QED) is 0.764. The van der Waals surface area contributed by atoms with Crippen molar-refractivity contribution in [3.8, 4) is 0 Å². The zero-order valence-corrected chi connectivity index (χ0v) is 12.5. The lowest BCUT2D eigenvalue weighted by Crippen LogP contribution is -2.46. The normalized spacial score (nSPS) is 26.4. The highest BCUT2D eigenvalue weighted by atomic mass is 32.2. The van der Waals surface area contributed by atoms with E-state index in [1.165, 1.54) is 0 Å². The molecule has 2 N–H and O–H groups in total. The van der Waals surface area contributed by atoms with Crippen molar-refractivity contribution in [2.45, 2.75) is 38.1 Å². The van der Waals surface area contributed by atoms with Crippen molar-refractivity contribution >= 4 is 33.0 Å². The SMILES string of the molecule is NC(=S)CN(C(=O)C1CCS(=O)(=O)C1)C1CCCC1. The summed E-state index contributed by atoms with van der Waals surface area (Å²) < 4.78 is 23.0. The minimum absolute atomic E-state index is 0.0214. The number of carbonyl (C=O) groups is 1. The number of thiocarbonyl (C=S) groups is 1. The highest BCUT2D eigenvalue weighted by Crippen LogP contribution is 2.27. The number of rotatable bonds is 4. The van der Waals surface area contributed by atoms with Crippen molar-refractivity contribution in [1.82, 2.24) is 4.90 Å². The number of amides is 1. The zero-order valence-electron chi connectivity index (χ0n) is 10.9. The largest absolute Gasteiger partial charge is 0.392 e. The van der Waals surface area contributed by atoms with Crippen LogP contribution in [-0.2, 0) is 14.6 Å². The van der Waals surface area contributed by atoms with Gasteiger partial charge in [0.2, 0.25) is 5.91 Å². The number of hydrogen-bond donors (Lipinski definition) is 1. The summed E-state index contributed by atoms with van der Waals surface area (Å²) in [4.78, 5) is 14.5. The van der Waals surface area contributed by atoms with Gasteiger partial charge in [-0.1, -0.05) is 25.1 Å². The molecule has 1 heterocycles. The van der Waals surface area contributed by atoms with E-state index in [1.54, 1.807) is 4.90 Å². The van der Waals surface area contributed by atoms with Gasteiger partial charge in [-0.15, -0.1) is 0 Å². The van der Waals surface area contributed by atoms with E-state index in [-0.39, 0.29) is 30.0 Å². The van der Waals surface area contributed by atoms with E-state index in [4.69, 9.17) is 18.0 Å².